The van der Waals surface area contributed by atoms with Crippen molar-refractivity contribution in [3.05, 3.63) is 93.4 Å². The van der Waals surface area contributed by atoms with Crippen molar-refractivity contribution in [3.63, 3.8) is 0 Å². The van der Waals surface area contributed by atoms with Gasteiger partial charge in [-0.15, -0.1) is 16.8 Å². The number of amides is 3. The Morgan fingerprint density at radius 3 is 2.23 bits per heavy atom. The molecule has 224 valence electrons. The van der Waals surface area contributed by atoms with Crippen LogP contribution in [0.5, 0.6) is 0 Å². The van der Waals surface area contributed by atoms with Crippen LogP contribution in [-0.4, -0.2) is 73.4 Å². The number of nitrogens with zero attached hydrogens (tertiary/aromatic N) is 3. The minimum Gasteiger partial charge on any atom is -0.378 e. The van der Waals surface area contributed by atoms with Crippen molar-refractivity contribution >= 4 is 52.5 Å². The Bertz CT molecular complexity index is 1560. The molecule has 0 N–H and O–H groups in total. The van der Waals surface area contributed by atoms with Crippen LogP contribution in [0.25, 0.3) is 5.57 Å². The van der Waals surface area contributed by atoms with E-state index >= 15 is 0 Å². The second-order valence-electron chi connectivity index (χ2n) is 10.6. The molecular formula is C33H35N3O6S. The van der Waals surface area contributed by atoms with E-state index in [-0.39, 0.29) is 43.9 Å². The summed E-state index contributed by atoms with van der Waals surface area (Å²) in [4.78, 5) is 71.1. The van der Waals surface area contributed by atoms with Crippen LogP contribution in [0.15, 0.2) is 71.2 Å². The minimum absolute atomic E-state index is 0.0283. The first-order valence-corrected chi connectivity index (χ1v) is 15.2. The topological polar surface area (TPSA) is 104 Å². The van der Waals surface area contributed by atoms with Gasteiger partial charge in [-0.3, -0.25) is 19.2 Å². The van der Waals surface area contributed by atoms with Gasteiger partial charge in [0.05, 0.1) is 0 Å². The SMILES string of the molecule is CSC1=CC(=O)C=C/C1=C(/c1ccc(N(C)C)cc1C)c1ccccc1C(=O)N(C)CCCC(=O)ON1C(=O)CCC1=O. The molecule has 1 saturated heterocycles. The largest absolute Gasteiger partial charge is 0.378 e. The van der Waals surface area contributed by atoms with E-state index < -0.39 is 17.8 Å². The molecule has 0 aromatic heterocycles. The summed E-state index contributed by atoms with van der Waals surface area (Å²) in [6.07, 6.45) is 7.16. The number of carbonyl (C=O) groups is 5. The fraction of sp³-hybridized carbons (Fsp3) is 0.303. The van der Waals surface area contributed by atoms with E-state index in [4.69, 9.17) is 4.84 Å². The van der Waals surface area contributed by atoms with Crippen LogP contribution in [-0.2, 0) is 24.0 Å². The summed E-state index contributed by atoms with van der Waals surface area (Å²) in [5.74, 6) is -2.09. The monoisotopic (exact) mass is 601 g/mol. The van der Waals surface area contributed by atoms with E-state index in [1.54, 1.807) is 19.2 Å². The van der Waals surface area contributed by atoms with E-state index in [0.717, 1.165) is 38.4 Å². The third kappa shape index (κ3) is 7.14. The molecule has 0 atom stereocenters. The Hall–Kier alpha value is -4.44. The molecule has 9 nitrogen and oxygen atoms in total. The molecule has 0 spiro atoms. The first-order chi connectivity index (χ1) is 20.5. The van der Waals surface area contributed by atoms with Crippen LogP contribution >= 0.6 is 11.8 Å². The number of benzene rings is 2. The highest BCUT2D eigenvalue weighted by atomic mass is 32.2. The first kappa shape index (κ1) is 31.5. The zero-order chi connectivity index (χ0) is 31.3. The van der Waals surface area contributed by atoms with Gasteiger partial charge in [0, 0.05) is 63.1 Å². The van der Waals surface area contributed by atoms with E-state index in [1.807, 2.05) is 68.6 Å². The van der Waals surface area contributed by atoms with E-state index in [1.165, 1.54) is 22.7 Å². The smallest absolute Gasteiger partial charge is 0.333 e. The number of ketones is 1. The summed E-state index contributed by atoms with van der Waals surface area (Å²) in [5, 5.41) is 0.528. The highest BCUT2D eigenvalue weighted by Gasteiger charge is 2.32. The van der Waals surface area contributed by atoms with Crippen LogP contribution in [0.4, 0.5) is 5.69 Å². The Balaban J connectivity index is 1.64. The van der Waals surface area contributed by atoms with Gasteiger partial charge in [-0.05, 0) is 83.9 Å². The predicted octanol–water partition coefficient (Wildman–Crippen LogP) is 4.71. The molecule has 1 heterocycles. The Labute approximate surface area is 255 Å². The lowest BCUT2D eigenvalue weighted by molar-refractivity contribution is -0.197. The van der Waals surface area contributed by atoms with Gasteiger partial charge in [-0.1, -0.05) is 24.3 Å². The number of hydrogen-bond acceptors (Lipinski definition) is 8. The lowest BCUT2D eigenvalue weighted by Gasteiger charge is -2.24. The molecule has 3 amide bonds. The molecule has 0 saturated carbocycles. The second-order valence-corrected chi connectivity index (χ2v) is 11.4. The minimum atomic E-state index is -0.705. The molecular weight excluding hydrogens is 566 g/mol. The number of rotatable bonds is 10. The number of imide groups is 1. The number of aryl methyl sites for hydroxylation is 1. The fourth-order valence-electron chi connectivity index (χ4n) is 4.98. The molecule has 2 aliphatic rings. The van der Waals surface area contributed by atoms with Crippen molar-refractivity contribution in [1.29, 1.82) is 0 Å². The zero-order valence-electron chi connectivity index (χ0n) is 25.0. The molecule has 2 aromatic rings. The summed E-state index contributed by atoms with van der Waals surface area (Å²) in [6, 6.07) is 13.5. The van der Waals surface area contributed by atoms with Crippen molar-refractivity contribution in [2.24, 2.45) is 0 Å². The first-order valence-electron chi connectivity index (χ1n) is 13.9. The molecule has 4 rings (SSSR count). The predicted molar refractivity (Wildman–Crippen MR) is 167 cm³/mol. The highest BCUT2D eigenvalue weighted by molar-refractivity contribution is 8.02. The van der Waals surface area contributed by atoms with Gasteiger partial charge in [0.15, 0.2) is 5.78 Å². The van der Waals surface area contributed by atoms with Crippen LogP contribution in [0.1, 0.15) is 52.7 Å². The number of allylic oxidation sites excluding steroid dienone is 4. The third-order valence-electron chi connectivity index (χ3n) is 7.28. The third-order valence-corrected chi connectivity index (χ3v) is 8.06. The van der Waals surface area contributed by atoms with Gasteiger partial charge in [0.25, 0.3) is 17.7 Å². The number of anilines is 1. The molecule has 2 aromatic carbocycles. The molecule has 43 heavy (non-hydrogen) atoms. The van der Waals surface area contributed by atoms with E-state index in [2.05, 4.69) is 6.07 Å². The van der Waals surface area contributed by atoms with Crippen LogP contribution < -0.4 is 4.90 Å². The molecule has 0 bridgehead atoms. The summed E-state index contributed by atoms with van der Waals surface area (Å²) in [6.45, 7) is 2.28. The summed E-state index contributed by atoms with van der Waals surface area (Å²) in [7, 11) is 5.62. The maximum Gasteiger partial charge on any atom is 0.333 e. The Kier molecular flexibility index (Phi) is 10.0. The van der Waals surface area contributed by atoms with Gasteiger partial charge in [-0.25, -0.2) is 4.79 Å². The zero-order valence-corrected chi connectivity index (χ0v) is 25.8. The lowest BCUT2D eigenvalue weighted by atomic mass is 9.85. The molecule has 0 radical (unpaired) electrons. The molecule has 1 fully saturated rings. The summed E-state index contributed by atoms with van der Waals surface area (Å²) >= 11 is 1.47. The van der Waals surface area contributed by atoms with E-state index in [9.17, 15) is 24.0 Å². The lowest BCUT2D eigenvalue weighted by Crippen LogP contribution is -2.33. The summed E-state index contributed by atoms with van der Waals surface area (Å²) in [5.41, 5.74) is 5.89. The van der Waals surface area contributed by atoms with E-state index in [0.29, 0.717) is 10.6 Å². The Morgan fingerprint density at radius 2 is 1.60 bits per heavy atom. The maximum atomic E-state index is 13.8. The van der Waals surface area contributed by atoms with Crippen molar-refractivity contribution < 1.29 is 28.8 Å². The van der Waals surface area contributed by atoms with Gasteiger partial charge in [-0.2, -0.15) is 0 Å². The normalized spacial score (nSPS) is 15.9. The fourth-order valence-corrected chi connectivity index (χ4v) is 5.60. The maximum absolute atomic E-state index is 13.8. The number of thioether (sulfide) groups is 1. The van der Waals surface area contributed by atoms with Crippen molar-refractivity contribution in [3.8, 4) is 0 Å². The molecule has 10 heteroatoms. The van der Waals surface area contributed by atoms with Gasteiger partial charge < -0.3 is 14.6 Å². The number of hydroxylamine groups is 2. The van der Waals surface area contributed by atoms with Gasteiger partial charge >= 0.3 is 5.97 Å². The quantitative estimate of drug-likeness (QED) is 0.361. The molecule has 1 aliphatic heterocycles. The average molecular weight is 602 g/mol. The van der Waals surface area contributed by atoms with Gasteiger partial charge in [0.1, 0.15) is 0 Å². The Morgan fingerprint density at radius 1 is 0.930 bits per heavy atom. The van der Waals surface area contributed by atoms with Crippen molar-refractivity contribution in [2.75, 3.05) is 38.8 Å². The van der Waals surface area contributed by atoms with Gasteiger partial charge in [0.2, 0.25) is 0 Å². The van der Waals surface area contributed by atoms with Crippen LogP contribution in [0, 0.1) is 6.92 Å². The second kappa shape index (κ2) is 13.7. The van der Waals surface area contributed by atoms with Crippen molar-refractivity contribution in [1.82, 2.24) is 9.96 Å². The highest BCUT2D eigenvalue weighted by Crippen LogP contribution is 2.39. The van der Waals surface area contributed by atoms with Crippen LogP contribution in [0.2, 0.25) is 0 Å². The number of hydrogen-bond donors (Lipinski definition) is 0. The molecule has 1 aliphatic carbocycles. The van der Waals surface area contributed by atoms with Crippen LogP contribution in [0.3, 0.4) is 0 Å². The number of carbonyl (C=O) groups excluding carboxylic acids is 5. The standard InChI is InChI=1S/C33H35N3O6S/c1-21-19-22(34(2)3)12-14-24(21)32(27-15-13-23(37)20-28(27)43-5)25-9-6-7-10-26(25)33(41)35(4)18-8-11-31(40)42-36-29(38)16-17-30(36)39/h6-7,9-10,12-15,19-20H,8,11,16-18H2,1-5H3/b32-27+. The van der Waals surface area contributed by atoms with Crippen molar-refractivity contribution in [2.45, 2.75) is 32.6 Å². The average Bonchev–Trinajstić information content (AvgIpc) is 3.30. The summed E-state index contributed by atoms with van der Waals surface area (Å²) < 4.78 is 0. The molecule has 0 unspecified atom stereocenters.